The van der Waals surface area contributed by atoms with E-state index in [1.807, 2.05) is 37.3 Å². The number of halogens is 1. The van der Waals surface area contributed by atoms with Crippen molar-refractivity contribution >= 4 is 28.4 Å². The molecule has 0 saturated carbocycles. The number of rotatable bonds is 11. The van der Waals surface area contributed by atoms with Gasteiger partial charge in [-0.3, -0.25) is 9.59 Å². The lowest BCUT2D eigenvalue weighted by molar-refractivity contribution is -0.165. The van der Waals surface area contributed by atoms with E-state index in [2.05, 4.69) is 15.1 Å². The van der Waals surface area contributed by atoms with E-state index in [1.54, 1.807) is 52.1 Å². The molecular weight excluding hydrogens is 555 g/mol. The predicted octanol–water partition coefficient (Wildman–Crippen LogP) is 6.23. The van der Waals surface area contributed by atoms with Crippen molar-refractivity contribution < 1.29 is 32.9 Å². The van der Waals surface area contributed by atoms with Gasteiger partial charge >= 0.3 is 11.9 Å². The molecule has 224 valence electrons. The highest BCUT2D eigenvalue weighted by molar-refractivity contribution is 5.83. The minimum atomic E-state index is -1.10. The number of carbonyl (C=O) groups excluding carboxylic acids is 2. The number of benzene rings is 2. The second-order valence-electron chi connectivity index (χ2n) is 11.1. The van der Waals surface area contributed by atoms with Crippen LogP contribution in [0.3, 0.4) is 0 Å². The Hall–Kier alpha value is -4.93. The smallest absolute Gasteiger partial charge is 0.312 e. The van der Waals surface area contributed by atoms with Gasteiger partial charge in [-0.05, 0) is 58.4 Å². The predicted molar refractivity (Wildman–Crippen MR) is 156 cm³/mol. The minimum Gasteiger partial charge on any atom is -0.488 e. The topological polar surface area (TPSA) is 117 Å². The minimum absolute atomic E-state index is 0.0299. The van der Waals surface area contributed by atoms with Crippen LogP contribution < -0.4 is 9.47 Å². The van der Waals surface area contributed by atoms with Crippen LogP contribution in [-0.4, -0.2) is 44.2 Å². The molecule has 5 aromatic rings. The fourth-order valence-electron chi connectivity index (χ4n) is 4.60. The van der Waals surface area contributed by atoms with Crippen LogP contribution in [0.1, 0.15) is 44.0 Å². The highest BCUT2D eigenvalue weighted by Crippen LogP contribution is 2.35. The molecule has 2 aromatic carbocycles. The SMILES string of the molecule is Cc1cc2c(F)c(Oc3ncnn4cc(OC[C@@H](C)OC(=O)C(C)(C)CC(=O)OCc5ccccc5)c(C)c34)ccc2[nH]1. The molecule has 0 spiro atoms. The molecule has 3 heterocycles. The first-order chi connectivity index (χ1) is 20.5. The van der Waals surface area contributed by atoms with Crippen molar-refractivity contribution in [1.29, 1.82) is 0 Å². The monoisotopic (exact) mass is 588 g/mol. The Morgan fingerprint density at radius 1 is 1.09 bits per heavy atom. The quantitative estimate of drug-likeness (QED) is 0.181. The van der Waals surface area contributed by atoms with Gasteiger partial charge in [0.25, 0.3) is 0 Å². The number of hydrogen-bond donors (Lipinski definition) is 1. The molecule has 0 saturated heterocycles. The first kappa shape index (κ1) is 29.6. The van der Waals surface area contributed by atoms with Crippen LogP contribution in [0.4, 0.5) is 4.39 Å². The molecular formula is C32H33FN4O6. The fraction of sp³-hybridized carbons (Fsp3) is 0.312. The Morgan fingerprint density at radius 3 is 2.63 bits per heavy atom. The van der Waals surface area contributed by atoms with Gasteiger partial charge in [-0.1, -0.05) is 30.3 Å². The maximum absolute atomic E-state index is 15.2. The number of fused-ring (bicyclic) bond motifs is 2. The third-order valence-electron chi connectivity index (χ3n) is 6.95. The van der Waals surface area contributed by atoms with Crippen LogP contribution in [0.25, 0.3) is 16.4 Å². The van der Waals surface area contributed by atoms with Crippen molar-refractivity contribution in [3.05, 3.63) is 83.7 Å². The number of esters is 2. The second-order valence-corrected chi connectivity index (χ2v) is 11.1. The van der Waals surface area contributed by atoms with E-state index in [9.17, 15) is 9.59 Å². The number of hydrogen-bond acceptors (Lipinski definition) is 8. The molecule has 1 N–H and O–H groups in total. The number of H-pyrrole nitrogens is 1. The number of aromatic amines is 1. The largest absolute Gasteiger partial charge is 0.488 e. The molecule has 0 aliphatic carbocycles. The summed E-state index contributed by atoms with van der Waals surface area (Å²) >= 11 is 0. The number of nitrogens with one attached hydrogen (secondary N) is 1. The maximum atomic E-state index is 15.2. The van der Waals surface area contributed by atoms with Gasteiger partial charge in [-0.15, -0.1) is 0 Å². The van der Waals surface area contributed by atoms with Crippen molar-refractivity contribution in [2.45, 2.75) is 53.8 Å². The fourth-order valence-corrected chi connectivity index (χ4v) is 4.60. The maximum Gasteiger partial charge on any atom is 0.312 e. The molecule has 5 rings (SSSR count). The summed E-state index contributed by atoms with van der Waals surface area (Å²) in [6, 6.07) is 14.3. The molecule has 0 bridgehead atoms. The third kappa shape index (κ3) is 6.61. The van der Waals surface area contributed by atoms with Gasteiger partial charge in [-0.25, -0.2) is 8.91 Å². The standard InChI is InChI=1S/C32H33FN4O6/c1-19-13-23-24(36-19)11-12-25(28(23)33)43-30-29-21(3)26(15-37(29)35-18-34-30)40-16-20(2)42-31(39)32(4,5)14-27(38)41-17-22-9-7-6-8-10-22/h6-13,15,18,20,36H,14,16-17H2,1-5H3/t20-/m1/s1. The summed E-state index contributed by atoms with van der Waals surface area (Å²) in [5.41, 5.74) is 2.44. The summed E-state index contributed by atoms with van der Waals surface area (Å²) < 4.78 is 39.5. The number of carbonyl (C=O) groups is 2. The van der Waals surface area contributed by atoms with Gasteiger partial charge in [-0.2, -0.15) is 10.1 Å². The lowest BCUT2D eigenvalue weighted by Gasteiger charge is -2.24. The Morgan fingerprint density at radius 2 is 1.86 bits per heavy atom. The average Bonchev–Trinajstić information content (AvgIpc) is 3.52. The van der Waals surface area contributed by atoms with E-state index in [4.69, 9.17) is 18.9 Å². The summed E-state index contributed by atoms with van der Waals surface area (Å²) in [6.07, 6.45) is 2.20. The highest BCUT2D eigenvalue weighted by Gasteiger charge is 2.34. The molecule has 0 aliphatic heterocycles. The van der Waals surface area contributed by atoms with Gasteiger partial charge < -0.3 is 23.9 Å². The van der Waals surface area contributed by atoms with Crippen molar-refractivity contribution in [2.24, 2.45) is 5.41 Å². The Labute approximate surface area is 247 Å². The van der Waals surface area contributed by atoms with Gasteiger partial charge in [0.1, 0.15) is 36.9 Å². The van der Waals surface area contributed by atoms with Crippen LogP contribution in [0.15, 0.2) is 61.1 Å². The molecule has 11 heteroatoms. The van der Waals surface area contributed by atoms with E-state index in [-0.39, 0.29) is 31.3 Å². The summed E-state index contributed by atoms with van der Waals surface area (Å²) in [5.74, 6) is -0.878. The van der Waals surface area contributed by atoms with Crippen LogP contribution in [-0.2, 0) is 25.7 Å². The first-order valence-corrected chi connectivity index (χ1v) is 13.8. The Kier molecular flexibility index (Phi) is 8.33. The van der Waals surface area contributed by atoms with Gasteiger partial charge in [0.15, 0.2) is 11.6 Å². The molecule has 0 fully saturated rings. The summed E-state index contributed by atoms with van der Waals surface area (Å²) in [5, 5.41) is 4.65. The first-order valence-electron chi connectivity index (χ1n) is 13.8. The lowest BCUT2D eigenvalue weighted by Crippen LogP contribution is -2.34. The van der Waals surface area contributed by atoms with Gasteiger partial charge in [0.2, 0.25) is 5.88 Å². The van der Waals surface area contributed by atoms with Crippen LogP contribution in [0.2, 0.25) is 0 Å². The van der Waals surface area contributed by atoms with Crippen LogP contribution in [0.5, 0.6) is 17.4 Å². The Bertz CT molecular complexity index is 1780. The van der Waals surface area contributed by atoms with Crippen molar-refractivity contribution in [3.8, 4) is 17.4 Å². The van der Waals surface area contributed by atoms with E-state index >= 15 is 4.39 Å². The lowest BCUT2D eigenvalue weighted by atomic mass is 9.89. The van der Waals surface area contributed by atoms with E-state index in [1.165, 1.54) is 10.8 Å². The zero-order chi connectivity index (χ0) is 30.7. The molecule has 3 aromatic heterocycles. The third-order valence-corrected chi connectivity index (χ3v) is 6.95. The summed E-state index contributed by atoms with van der Waals surface area (Å²) in [7, 11) is 0. The van der Waals surface area contributed by atoms with Crippen molar-refractivity contribution in [3.63, 3.8) is 0 Å². The average molecular weight is 589 g/mol. The normalized spacial score (nSPS) is 12.3. The zero-order valence-electron chi connectivity index (χ0n) is 24.6. The zero-order valence-corrected chi connectivity index (χ0v) is 24.6. The molecule has 0 amide bonds. The molecule has 0 unspecified atom stereocenters. The van der Waals surface area contributed by atoms with E-state index in [0.717, 1.165) is 11.3 Å². The van der Waals surface area contributed by atoms with E-state index < -0.39 is 29.3 Å². The highest BCUT2D eigenvalue weighted by atomic mass is 19.1. The van der Waals surface area contributed by atoms with Crippen LogP contribution >= 0.6 is 0 Å². The van der Waals surface area contributed by atoms with Gasteiger partial charge in [0, 0.05) is 22.2 Å². The molecule has 1 atom stereocenters. The van der Waals surface area contributed by atoms with Crippen LogP contribution in [0, 0.1) is 25.1 Å². The van der Waals surface area contributed by atoms with Crippen molar-refractivity contribution in [1.82, 2.24) is 19.6 Å². The Balaban J connectivity index is 1.20. The number of aromatic nitrogens is 4. The molecule has 0 aliphatic rings. The summed E-state index contributed by atoms with van der Waals surface area (Å²) in [6.45, 7) is 8.80. The summed E-state index contributed by atoms with van der Waals surface area (Å²) in [4.78, 5) is 32.6. The molecule has 0 radical (unpaired) electrons. The van der Waals surface area contributed by atoms with Gasteiger partial charge in [0.05, 0.1) is 18.0 Å². The second kappa shape index (κ2) is 12.1. The van der Waals surface area contributed by atoms with E-state index in [0.29, 0.717) is 27.7 Å². The number of ether oxygens (including phenoxy) is 4. The number of aryl methyl sites for hydroxylation is 2. The number of nitrogens with zero attached hydrogens (tertiary/aromatic N) is 3. The molecule has 43 heavy (non-hydrogen) atoms. The van der Waals surface area contributed by atoms with Crippen molar-refractivity contribution in [2.75, 3.05) is 6.61 Å². The molecule has 10 nitrogen and oxygen atoms in total.